The number of ether oxygens (including phenoxy) is 3. The highest BCUT2D eigenvalue weighted by atomic mass is 16.6. The minimum Gasteiger partial charge on any atom is -0.497 e. The van der Waals surface area contributed by atoms with E-state index in [-0.39, 0.29) is 0 Å². The summed E-state index contributed by atoms with van der Waals surface area (Å²) in [5.41, 5.74) is 0. The third-order valence-electron chi connectivity index (χ3n) is 1.78. The van der Waals surface area contributed by atoms with Gasteiger partial charge >= 0.3 is 6.09 Å². The van der Waals surface area contributed by atoms with Gasteiger partial charge in [-0.25, -0.2) is 4.79 Å². The largest absolute Gasteiger partial charge is 0.497 e. The lowest BCUT2D eigenvalue weighted by atomic mass is 10.3. The lowest BCUT2D eigenvalue weighted by molar-refractivity contribution is 0.200. The van der Waals surface area contributed by atoms with Crippen LogP contribution in [0.5, 0.6) is 17.2 Å². The third-order valence-corrected chi connectivity index (χ3v) is 1.78. The third kappa shape index (κ3) is 2.77. The maximum absolute atomic E-state index is 11.0. The van der Waals surface area contributed by atoms with Crippen LogP contribution in [0.15, 0.2) is 18.2 Å². The Morgan fingerprint density at radius 1 is 1.20 bits per heavy atom. The Kier molecular flexibility index (Phi) is 3.79. The number of amides is 1. The van der Waals surface area contributed by atoms with Gasteiger partial charge in [0.15, 0.2) is 11.5 Å². The summed E-state index contributed by atoms with van der Waals surface area (Å²) in [6.45, 7) is 0. The molecule has 0 radical (unpaired) electrons. The van der Waals surface area contributed by atoms with E-state index in [1.807, 2.05) is 0 Å². The number of carbonyl (C=O) groups excluding carboxylic acids is 1. The van der Waals surface area contributed by atoms with Crippen LogP contribution in [0.3, 0.4) is 0 Å². The quantitative estimate of drug-likeness (QED) is 0.821. The second kappa shape index (κ2) is 5.09. The average molecular weight is 211 g/mol. The predicted molar refractivity (Wildman–Crippen MR) is 54.6 cm³/mol. The first kappa shape index (κ1) is 11.2. The van der Waals surface area contributed by atoms with E-state index in [0.29, 0.717) is 17.2 Å². The summed E-state index contributed by atoms with van der Waals surface area (Å²) in [6.07, 6.45) is -0.543. The molecule has 0 unspecified atom stereocenters. The number of hydrogen-bond acceptors (Lipinski definition) is 4. The lowest BCUT2D eigenvalue weighted by Gasteiger charge is -2.09. The van der Waals surface area contributed by atoms with Gasteiger partial charge in [0.2, 0.25) is 0 Å². The first-order chi connectivity index (χ1) is 7.21. The zero-order chi connectivity index (χ0) is 11.3. The van der Waals surface area contributed by atoms with Gasteiger partial charge in [-0.05, 0) is 12.1 Å². The molecule has 1 aromatic rings. The van der Waals surface area contributed by atoms with E-state index >= 15 is 0 Å². The second-order valence-corrected chi connectivity index (χ2v) is 2.66. The molecule has 0 bridgehead atoms. The first-order valence-corrected chi connectivity index (χ1v) is 4.33. The zero-order valence-corrected chi connectivity index (χ0v) is 8.87. The molecule has 0 aliphatic rings. The van der Waals surface area contributed by atoms with Crippen LogP contribution in [0.1, 0.15) is 0 Å². The molecule has 1 amide bonds. The van der Waals surface area contributed by atoms with Crippen molar-refractivity contribution in [3.8, 4) is 17.2 Å². The monoisotopic (exact) mass is 211 g/mol. The van der Waals surface area contributed by atoms with E-state index in [1.165, 1.54) is 14.2 Å². The topological polar surface area (TPSA) is 56.8 Å². The van der Waals surface area contributed by atoms with Crippen LogP contribution in [0.4, 0.5) is 4.79 Å². The number of rotatable bonds is 3. The summed E-state index contributed by atoms with van der Waals surface area (Å²) < 4.78 is 15.0. The smallest absolute Gasteiger partial charge is 0.412 e. The maximum atomic E-state index is 11.0. The molecular weight excluding hydrogens is 198 g/mol. The van der Waals surface area contributed by atoms with Gasteiger partial charge in [0.25, 0.3) is 0 Å². The van der Waals surface area contributed by atoms with E-state index in [1.54, 1.807) is 25.3 Å². The molecule has 0 aliphatic carbocycles. The summed E-state index contributed by atoms with van der Waals surface area (Å²) in [6, 6.07) is 4.92. The molecule has 0 saturated heterocycles. The van der Waals surface area contributed by atoms with Crippen LogP contribution < -0.4 is 19.5 Å². The number of hydrogen-bond donors (Lipinski definition) is 1. The Bertz CT molecular complexity index is 351. The van der Waals surface area contributed by atoms with Gasteiger partial charge in [0, 0.05) is 13.1 Å². The van der Waals surface area contributed by atoms with Crippen molar-refractivity contribution in [1.29, 1.82) is 0 Å². The van der Waals surface area contributed by atoms with Gasteiger partial charge in [0.1, 0.15) is 5.75 Å². The molecule has 5 nitrogen and oxygen atoms in total. The summed E-state index contributed by atoms with van der Waals surface area (Å²) in [5, 5.41) is 2.35. The van der Waals surface area contributed by atoms with Gasteiger partial charge in [-0.3, -0.25) is 0 Å². The molecule has 5 heteroatoms. The van der Waals surface area contributed by atoms with Crippen molar-refractivity contribution in [2.24, 2.45) is 0 Å². The van der Waals surface area contributed by atoms with Crippen molar-refractivity contribution >= 4 is 6.09 Å². The van der Waals surface area contributed by atoms with Gasteiger partial charge in [-0.1, -0.05) is 0 Å². The highest BCUT2D eigenvalue weighted by Crippen LogP contribution is 2.31. The fourth-order valence-electron chi connectivity index (χ4n) is 1.01. The molecule has 15 heavy (non-hydrogen) atoms. The Labute approximate surface area is 87.9 Å². The van der Waals surface area contributed by atoms with Crippen LogP contribution in [-0.4, -0.2) is 27.4 Å². The molecule has 0 spiro atoms. The standard InChI is InChI=1S/C10H13NO4/c1-11-10(12)15-8-5-4-7(13-2)6-9(8)14-3/h4-6H,1-3H3,(H,11,12). The molecule has 0 aromatic heterocycles. The number of carbonyl (C=O) groups is 1. The zero-order valence-electron chi connectivity index (χ0n) is 8.87. The molecule has 1 aromatic carbocycles. The Morgan fingerprint density at radius 3 is 2.47 bits per heavy atom. The van der Waals surface area contributed by atoms with Crippen molar-refractivity contribution < 1.29 is 19.0 Å². The van der Waals surface area contributed by atoms with Gasteiger partial charge in [-0.15, -0.1) is 0 Å². The normalized spacial score (nSPS) is 9.27. The van der Waals surface area contributed by atoms with E-state index in [2.05, 4.69) is 5.32 Å². The van der Waals surface area contributed by atoms with Crippen molar-refractivity contribution in [3.05, 3.63) is 18.2 Å². The van der Waals surface area contributed by atoms with Crippen LogP contribution in [-0.2, 0) is 0 Å². The summed E-state index contributed by atoms with van der Waals surface area (Å²) >= 11 is 0. The van der Waals surface area contributed by atoms with Crippen molar-refractivity contribution in [1.82, 2.24) is 5.32 Å². The minimum atomic E-state index is -0.543. The first-order valence-electron chi connectivity index (χ1n) is 4.33. The molecule has 0 fully saturated rings. The second-order valence-electron chi connectivity index (χ2n) is 2.66. The van der Waals surface area contributed by atoms with Crippen molar-refractivity contribution in [2.75, 3.05) is 21.3 Å². The van der Waals surface area contributed by atoms with Gasteiger partial charge in [0.05, 0.1) is 14.2 Å². The van der Waals surface area contributed by atoms with Gasteiger partial charge < -0.3 is 19.5 Å². The van der Waals surface area contributed by atoms with Crippen LogP contribution >= 0.6 is 0 Å². The fraction of sp³-hybridized carbons (Fsp3) is 0.300. The Morgan fingerprint density at radius 2 is 1.93 bits per heavy atom. The number of nitrogens with one attached hydrogen (secondary N) is 1. The van der Waals surface area contributed by atoms with E-state index in [0.717, 1.165) is 0 Å². The lowest BCUT2D eigenvalue weighted by Crippen LogP contribution is -2.22. The van der Waals surface area contributed by atoms with Gasteiger partial charge in [-0.2, -0.15) is 0 Å². The minimum absolute atomic E-state index is 0.345. The van der Waals surface area contributed by atoms with Crippen LogP contribution in [0.2, 0.25) is 0 Å². The SMILES string of the molecule is CNC(=O)Oc1ccc(OC)cc1OC. The van der Waals surface area contributed by atoms with E-state index in [4.69, 9.17) is 14.2 Å². The summed E-state index contributed by atoms with van der Waals surface area (Å²) in [7, 11) is 4.53. The molecular formula is C10H13NO4. The fourth-order valence-corrected chi connectivity index (χ4v) is 1.01. The van der Waals surface area contributed by atoms with Crippen molar-refractivity contribution in [3.63, 3.8) is 0 Å². The highest BCUT2D eigenvalue weighted by Gasteiger charge is 2.09. The van der Waals surface area contributed by atoms with Crippen molar-refractivity contribution in [2.45, 2.75) is 0 Å². The Balaban J connectivity index is 2.92. The highest BCUT2D eigenvalue weighted by molar-refractivity contribution is 5.71. The summed E-state index contributed by atoms with van der Waals surface area (Å²) in [5.74, 6) is 1.42. The molecule has 1 rings (SSSR count). The molecule has 0 heterocycles. The van der Waals surface area contributed by atoms with E-state index in [9.17, 15) is 4.79 Å². The molecule has 1 N–H and O–H groups in total. The average Bonchev–Trinajstić information content (AvgIpc) is 2.29. The van der Waals surface area contributed by atoms with E-state index < -0.39 is 6.09 Å². The molecule has 0 atom stereocenters. The number of benzene rings is 1. The molecule has 0 saturated carbocycles. The number of methoxy groups -OCH3 is 2. The summed E-state index contributed by atoms with van der Waals surface area (Å²) in [4.78, 5) is 11.0. The van der Waals surface area contributed by atoms with Crippen LogP contribution in [0, 0.1) is 0 Å². The maximum Gasteiger partial charge on any atom is 0.412 e. The molecule has 0 aliphatic heterocycles. The predicted octanol–water partition coefficient (Wildman–Crippen LogP) is 1.42. The van der Waals surface area contributed by atoms with Crippen LogP contribution in [0.25, 0.3) is 0 Å². The molecule has 82 valence electrons. The Hall–Kier alpha value is -1.91.